The first kappa shape index (κ1) is 28.0. The first-order valence-corrected chi connectivity index (χ1v) is 13.4. The lowest BCUT2D eigenvalue weighted by Gasteiger charge is -2.26. The zero-order valence-corrected chi connectivity index (χ0v) is 23.3. The lowest BCUT2D eigenvalue weighted by molar-refractivity contribution is -0.160. The second kappa shape index (κ2) is 11.4. The molecule has 1 fully saturated rings. The molecular weight excluding hydrogens is 484 g/mol. The molecule has 0 spiro atoms. The van der Waals surface area contributed by atoms with Gasteiger partial charge in [-0.1, -0.05) is 6.07 Å². The fourth-order valence-electron chi connectivity index (χ4n) is 4.88. The summed E-state index contributed by atoms with van der Waals surface area (Å²) < 4.78 is 15.3. The van der Waals surface area contributed by atoms with E-state index in [-0.39, 0.29) is 11.7 Å². The molecule has 1 aromatic carbocycles. The van der Waals surface area contributed by atoms with Gasteiger partial charge in [-0.25, -0.2) is 4.98 Å². The Labute approximate surface area is 223 Å². The monoisotopic (exact) mass is 524 g/mol. The number of aromatic nitrogens is 3. The van der Waals surface area contributed by atoms with Gasteiger partial charge in [0.1, 0.15) is 17.5 Å². The average molecular weight is 525 g/mol. The second-order valence-electron chi connectivity index (χ2n) is 11.3. The van der Waals surface area contributed by atoms with Crippen molar-refractivity contribution in [1.29, 1.82) is 0 Å². The minimum atomic E-state index is -0.915. The van der Waals surface area contributed by atoms with E-state index in [1.807, 2.05) is 31.3 Å². The van der Waals surface area contributed by atoms with E-state index >= 15 is 0 Å². The maximum absolute atomic E-state index is 12.7. The minimum absolute atomic E-state index is 0.0296. The third-order valence-corrected chi connectivity index (χ3v) is 6.76. The highest BCUT2D eigenvalue weighted by Gasteiger charge is 2.28. The van der Waals surface area contributed by atoms with Crippen LogP contribution >= 0.6 is 0 Å². The first-order chi connectivity index (χ1) is 17.9. The van der Waals surface area contributed by atoms with Crippen molar-refractivity contribution in [1.82, 2.24) is 19.4 Å². The molecule has 0 amide bonds. The fourth-order valence-corrected chi connectivity index (χ4v) is 4.88. The average Bonchev–Trinajstić information content (AvgIpc) is 3.19. The number of hydrogen-bond donors (Lipinski definition) is 2. The SMILES string of the molecule is Cc1cc(-c2nc3ccc(CNC(C(=O)OC(C)(C)C)C(C)O)cc3n2C[C@H]2CCCCO2)cn(C)c1=O. The molecule has 2 aromatic heterocycles. The standard InChI is InChI=1S/C29H40N4O5/c1-18-13-21(16-32(6)27(18)35)26-31-23-11-10-20(14-24(23)33(26)17-22-9-7-8-12-37-22)15-30-25(19(2)34)28(36)38-29(3,4)5/h10-11,13-14,16,19,22,25,30,34H,7-9,12,15,17H2,1-6H3/t19?,22-,25?/m1/s1. The summed E-state index contributed by atoms with van der Waals surface area (Å²) in [4.78, 5) is 29.9. The van der Waals surface area contributed by atoms with Gasteiger partial charge in [0.15, 0.2) is 0 Å². The smallest absolute Gasteiger partial charge is 0.326 e. The van der Waals surface area contributed by atoms with Crippen LogP contribution in [0.4, 0.5) is 0 Å². The number of nitrogens with zero attached hydrogens (tertiary/aromatic N) is 3. The molecule has 3 heterocycles. The molecule has 2 unspecified atom stereocenters. The van der Waals surface area contributed by atoms with Gasteiger partial charge in [0, 0.05) is 37.5 Å². The molecule has 0 aliphatic carbocycles. The van der Waals surface area contributed by atoms with E-state index in [2.05, 4.69) is 16.0 Å². The summed E-state index contributed by atoms with van der Waals surface area (Å²) in [5.41, 5.74) is 3.59. The Kier molecular flexibility index (Phi) is 8.40. The number of rotatable bonds is 8. The second-order valence-corrected chi connectivity index (χ2v) is 11.3. The normalized spacial score (nSPS) is 17.9. The number of aliphatic hydroxyl groups is 1. The van der Waals surface area contributed by atoms with Crippen LogP contribution in [0.3, 0.4) is 0 Å². The minimum Gasteiger partial charge on any atom is -0.459 e. The number of fused-ring (bicyclic) bond motifs is 1. The third kappa shape index (κ3) is 6.51. The van der Waals surface area contributed by atoms with Crippen molar-refractivity contribution < 1.29 is 19.4 Å². The summed E-state index contributed by atoms with van der Waals surface area (Å²) >= 11 is 0. The van der Waals surface area contributed by atoms with E-state index in [0.717, 1.165) is 53.9 Å². The Balaban J connectivity index is 1.68. The molecule has 4 rings (SSSR count). The van der Waals surface area contributed by atoms with E-state index in [0.29, 0.717) is 18.7 Å². The predicted molar refractivity (Wildman–Crippen MR) is 147 cm³/mol. The zero-order chi connectivity index (χ0) is 27.6. The van der Waals surface area contributed by atoms with Crippen molar-refractivity contribution in [2.24, 2.45) is 7.05 Å². The third-order valence-electron chi connectivity index (χ3n) is 6.76. The molecule has 3 aromatic rings. The van der Waals surface area contributed by atoms with Crippen molar-refractivity contribution in [3.8, 4) is 11.4 Å². The molecule has 2 N–H and O–H groups in total. The van der Waals surface area contributed by atoms with Crippen molar-refractivity contribution in [3.63, 3.8) is 0 Å². The van der Waals surface area contributed by atoms with Crippen LogP contribution in [0.25, 0.3) is 22.4 Å². The van der Waals surface area contributed by atoms with Crippen molar-refractivity contribution in [2.45, 2.75) is 90.8 Å². The topological polar surface area (TPSA) is 108 Å². The Morgan fingerprint density at radius 1 is 1.29 bits per heavy atom. The maximum Gasteiger partial charge on any atom is 0.326 e. The van der Waals surface area contributed by atoms with E-state index in [4.69, 9.17) is 14.5 Å². The number of aryl methyl sites for hydroxylation is 2. The molecule has 1 saturated heterocycles. The van der Waals surface area contributed by atoms with Gasteiger partial charge in [-0.2, -0.15) is 0 Å². The number of hydrogen-bond acceptors (Lipinski definition) is 7. The largest absolute Gasteiger partial charge is 0.459 e. The van der Waals surface area contributed by atoms with Crippen LogP contribution in [0.1, 0.15) is 58.1 Å². The van der Waals surface area contributed by atoms with Gasteiger partial charge >= 0.3 is 5.97 Å². The Bertz CT molecular complexity index is 1320. The van der Waals surface area contributed by atoms with Gasteiger partial charge in [-0.15, -0.1) is 0 Å². The van der Waals surface area contributed by atoms with Crippen LogP contribution in [0.5, 0.6) is 0 Å². The number of benzene rings is 1. The molecule has 1 aliphatic heterocycles. The molecule has 0 bridgehead atoms. The number of esters is 1. The molecule has 0 radical (unpaired) electrons. The number of carbonyl (C=O) groups excluding carboxylic acids is 1. The number of ether oxygens (including phenoxy) is 2. The van der Waals surface area contributed by atoms with Gasteiger partial charge in [-0.05, 0) is 77.6 Å². The molecule has 9 heteroatoms. The van der Waals surface area contributed by atoms with E-state index < -0.39 is 23.7 Å². The van der Waals surface area contributed by atoms with Crippen molar-refractivity contribution >= 4 is 17.0 Å². The highest BCUT2D eigenvalue weighted by atomic mass is 16.6. The molecule has 0 saturated carbocycles. The Hall–Kier alpha value is -3.01. The lowest BCUT2D eigenvalue weighted by atomic mass is 10.1. The Morgan fingerprint density at radius 3 is 2.68 bits per heavy atom. The van der Waals surface area contributed by atoms with Gasteiger partial charge in [0.05, 0.1) is 29.8 Å². The van der Waals surface area contributed by atoms with Gasteiger partial charge < -0.3 is 23.7 Å². The number of aliphatic hydroxyl groups excluding tert-OH is 1. The van der Waals surface area contributed by atoms with Gasteiger partial charge in [-0.3, -0.25) is 14.9 Å². The lowest BCUT2D eigenvalue weighted by Crippen LogP contribution is -2.47. The molecular formula is C29H40N4O5. The van der Waals surface area contributed by atoms with Crippen LogP contribution < -0.4 is 10.9 Å². The zero-order valence-electron chi connectivity index (χ0n) is 23.3. The van der Waals surface area contributed by atoms with Crippen LogP contribution in [-0.4, -0.2) is 55.7 Å². The van der Waals surface area contributed by atoms with Crippen LogP contribution in [0.2, 0.25) is 0 Å². The summed E-state index contributed by atoms with van der Waals surface area (Å²) in [6.45, 7) is 10.6. The molecule has 3 atom stereocenters. The molecule has 9 nitrogen and oxygen atoms in total. The Morgan fingerprint density at radius 2 is 2.05 bits per heavy atom. The maximum atomic E-state index is 12.7. The molecule has 38 heavy (non-hydrogen) atoms. The van der Waals surface area contributed by atoms with Crippen LogP contribution in [0.15, 0.2) is 35.3 Å². The van der Waals surface area contributed by atoms with E-state index in [9.17, 15) is 14.7 Å². The number of imidazole rings is 1. The fraction of sp³-hybridized carbons (Fsp3) is 0.552. The summed E-state index contributed by atoms with van der Waals surface area (Å²) in [7, 11) is 1.75. The quantitative estimate of drug-likeness (QED) is 0.435. The highest BCUT2D eigenvalue weighted by molar-refractivity contribution is 5.81. The van der Waals surface area contributed by atoms with Gasteiger partial charge in [0.25, 0.3) is 5.56 Å². The van der Waals surface area contributed by atoms with E-state index in [1.165, 1.54) is 0 Å². The van der Waals surface area contributed by atoms with Crippen molar-refractivity contribution in [2.75, 3.05) is 6.61 Å². The number of carbonyl (C=O) groups is 1. The molecule has 1 aliphatic rings. The number of nitrogens with one attached hydrogen (secondary N) is 1. The van der Waals surface area contributed by atoms with Crippen LogP contribution in [0, 0.1) is 6.92 Å². The summed E-state index contributed by atoms with van der Waals surface area (Å²) in [5, 5.41) is 13.4. The van der Waals surface area contributed by atoms with Crippen LogP contribution in [-0.2, 0) is 34.4 Å². The summed E-state index contributed by atoms with van der Waals surface area (Å²) in [6, 6.07) is 7.03. The van der Waals surface area contributed by atoms with Gasteiger partial charge in [0.2, 0.25) is 0 Å². The first-order valence-electron chi connectivity index (χ1n) is 13.4. The highest BCUT2D eigenvalue weighted by Crippen LogP contribution is 2.28. The molecule has 206 valence electrons. The predicted octanol–water partition coefficient (Wildman–Crippen LogP) is 3.46. The summed E-state index contributed by atoms with van der Waals surface area (Å²) in [5.74, 6) is 0.300. The van der Waals surface area contributed by atoms with Crippen molar-refractivity contribution in [3.05, 3.63) is 51.9 Å². The number of pyridine rings is 1. The summed E-state index contributed by atoms with van der Waals surface area (Å²) in [6.07, 6.45) is 4.19. The van der Waals surface area contributed by atoms with E-state index in [1.54, 1.807) is 39.3 Å².